The van der Waals surface area contributed by atoms with Crippen LogP contribution in [0, 0.1) is 0 Å². The minimum atomic E-state index is 0.388. The minimum absolute atomic E-state index is 0.388. The number of aromatic nitrogens is 2. The molecule has 23 heavy (non-hydrogen) atoms. The van der Waals surface area contributed by atoms with Gasteiger partial charge in [-0.15, -0.1) is 0 Å². The van der Waals surface area contributed by atoms with Crippen molar-refractivity contribution < 1.29 is 9.53 Å². The Morgan fingerprint density at radius 2 is 1.96 bits per heavy atom. The fourth-order valence-corrected chi connectivity index (χ4v) is 2.55. The third-order valence-corrected chi connectivity index (χ3v) is 3.73. The van der Waals surface area contributed by atoms with Crippen molar-refractivity contribution in [3.8, 4) is 5.75 Å². The highest BCUT2D eigenvalue weighted by Gasteiger charge is 2.09. The van der Waals surface area contributed by atoms with Crippen LogP contribution >= 0.6 is 11.6 Å². The molecule has 2 aromatic carbocycles. The van der Waals surface area contributed by atoms with Gasteiger partial charge in [0.05, 0.1) is 24.1 Å². The molecule has 5 nitrogen and oxygen atoms in total. The van der Waals surface area contributed by atoms with E-state index in [0.717, 1.165) is 22.6 Å². The molecule has 0 unspecified atom stereocenters. The van der Waals surface area contributed by atoms with Crippen molar-refractivity contribution >= 4 is 29.0 Å². The molecule has 6 heteroatoms. The van der Waals surface area contributed by atoms with Crippen LogP contribution in [0.4, 0.5) is 0 Å². The maximum Gasteiger partial charge on any atom is 0.207 e. The first kappa shape index (κ1) is 15.4. The molecule has 0 fully saturated rings. The van der Waals surface area contributed by atoms with Crippen molar-refractivity contribution in [1.82, 2.24) is 14.9 Å². The van der Waals surface area contributed by atoms with Gasteiger partial charge in [0.2, 0.25) is 6.41 Å². The summed E-state index contributed by atoms with van der Waals surface area (Å²) in [5.41, 5.74) is 1.93. The summed E-state index contributed by atoms with van der Waals surface area (Å²) < 4.78 is 7.80. The Kier molecular flexibility index (Phi) is 4.78. The molecular formula is C17H16ClN3O2. The standard InChI is InChI=1S/C17H16ClN3O2/c18-13-5-7-14(8-6-13)23-10-9-21-16-4-2-1-3-15(16)20-17(21)11-19-12-22/h1-8,12H,9-11H2,(H,19,22). The number of imidazole rings is 1. The second-order valence-electron chi connectivity index (χ2n) is 4.97. The first-order chi connectivity index (χ1) is 11.3. The Balaban J connectivity index is 1.75. The van der Waals surface area contributed by atoms with E-state index in [1.807, 2.05) is 36.4 Å². The number of hydrogen-bond donors (Lipinski definition) is 1. The van der Waals surface area contributed by atoms with Crippen molar-refractivity contribution in [2.45, 2.75) is 13.1 Å². The monoisotopic (exact) mass is 329 g/mol. The van der Waals surface area contributed by atoms with Crippen molar-refractivity contribution in [1.29, 1.82) is 0 Å². The van der Waals surface area contributed by atoms with Gasteiger partial charge in [-0.3, -0.25) is 4.79 Å². The zero-order valence-electron chi connectivity index (χ0n) is 12.4. The van der Waals surface area contributed by atoms with E-state index < -0.39 is 0 Å². The molecular weight excluding hydrogens is 314 g/mol. The van der Waals surface area contributed by atoms with Gasteiger partial charge in [-0.05, 0) is 36.4 Å². The zero-order valence-corrected chi connectivity index (χ0v) is 13.2. The van der Waals surface area contributed by atoms with Gasteiger partial charge < -0.3 is 14.6 Å². The first-order valence-electron chi connectivity index (χ1n) is 7.27. The van der Waals surface area contributed by atoms with Crippen LogP contribution in [-0.2, 0) is 17.9 Å². The SMILES string of the molecule is O=CNCc1nc2ccccc2n1CCOc1ccc(Cl)cc1. The third-order valence-electron chi connectivity index (χ3n) is 3.47. The van der Waals surface area contributed by atoms with Crippen LogP contribution < -0.4 is 10.1 Å². The molecule has 0 atom stereocenters. The number of nitrogens with one attached hydrogen (secondary N) is 1. The molecule has 1 aromatic heterocycles. The lowest BCUT2D eigenvalue weighted by Crippen LogP contribution is -2.17. The fraction of sp³-hybridized carbons (Fsp3) is 0.176. The van der Waals surface area contributed by atoms with E-state index in [2.05, 4.69) is 14.9 Å². The molecule has 1 heterocycles. The summed E-state index contributed by atoms with van der Waals surface area (Å²) in [5, 5.41) is 3.34. The minimum Gasteiger partial charge on any atom is -0.492 e. The quantitative estimate of drug-likeness (QED) is 0.678. The van der Waals surface area contributed by atoms with Gasteiger partial charge in [-0.1, -0.05) is 23.7 Å². The van der Waals surface area contributed by atoms with Gasteiger partial charge in [0.1, 0.15) is 18.2 Å². The highest BCUT2D eigenvalue weighted by molar-refractivity contribution is 6.30. The van der Waals surface area contributed by atoms with Crippen molar-refractivity contribution in [2.24, 2.45) is 0 Å². The second-order valence-corrected chi connectivity index (χ2v) is 5.41. The summed E-state index contributed by atoms with van der Waals surface area (Å²) in [7, 11) is 0. The summed E-state index contributed by atoms with van der Waals surface area (Å²) >= 11 is 5.86. The number of fused-ring (bicyclic) bond motifs is 1. The molecule has 0 saturated carbocycles. The lowest BCUT2D eigenvalue weighted by molar-refractivity contribution is -0.109. The predicted molar refractivity (Wildman–Crippen MR) is 89.6 cm³/mol. The molecule has 1 amide bonds. The van der Waals surface area contributed by atoms with Gasteiger partial charge in [0, 0.05) is 5.02 Å². The summed E-state index contributed by atoms with van der Waals surface area (Å²) in [4.78, 5) is 15.1. The van der Waals surface area contributed by atoms with Crippen LogP contribution in [-0.4, -0.2) is 22.6 Å². The summed E-state index contributed by atoms with van der Waals surface area (Å²) in [6, 6.07) is 15.1. The average molecular weight is 330 g/mol. The molecule has 0 saturated heterocycles. The van der Waals surface area contributed by atoms with Crippen molar-refractivity contribution in [2.75, 3.05) is 6.61 Å². The van der Waals surface area contributed by atoms with Gasteiger partial charge in [-0.2, -0.15) is 0 Å². The number of rotatable bonds is 7. The summed E-state index contributed by atoms with van der Waals surface area (Å²) in [6.07, 6.45) is 0.675. The van der Waals surface area contributed by atoms with Crippen molar-refractivity contribution in [3.63, 3.8) is 0 Å². The third kappa shape index (κ3) is 3.63. The van der Waals surface area contributed by atoms with Gasteiger partial charge in [0.15, 0.2) is 0 Å². The van der Waals surface area contributed by atoms with E-state index in [1.165, 1.54) is 0 Å². The van der Waals surface area contributed by atoms with E-state index >= 15 is 0 Å². The molecule has 118 valence electrons. The number of amides is 1. The lowest BCUT2D eigenvalue weighted by atomic mass is 10.3. The van der Waals surface area contributed by atoms with Crippen LogP contribution in [0.1, 0.15) is 5.82 Å². The molecule has 0 aliphatic heterocycles. The van der Waals surface area contributed by atoms with E-state index in [4.69, 9.17) is 16.3 Å². The average Bonchev–Trinajstić information content (AvgIpc) is 2.93. The second kappa shape index (κ2) is 7.15. The number of hydrogen-bond acceptors (Lipinski definition) is 3. The summed E-state index contributed by atoms with van der Waals surface area (Å²) in [5.74, 6) is 1.57. The number of carbonyl (C=O) groups excluding carboxylic acids is 1. The molecule has 0 radical (unpaired) electrons. The molecule has 3 rings (SSSR count). The van der Waals surface area contributed by atoms with Gasteiger partial charge >= 0.3 is 0 Å². The molecule has 3 aromatic rings. The number of ether oxygens (including phenoxy) is 1. The van der Waals surface area contributed by atoms with E-state index in [1.54, 1.807) is 12.1 Å². The number of nitrogens with zero attached hydrogens (tertiary/aromatic N) is 2. The topological polar surface area (TPSA) is 56.2 Å². The number of para-hydroxylation sites is 2. The van der Waals surface area contributed by atoms with Crippen LogP contribution in [0.3, 0.4) is 0 Å². The normalized spacial score (nSPS) is 10.7. The van der Waals surface area contributed by atoms with E-state index in [-0.39, 0.29) is 0 Å². The van der Waals surface area contributed by atoms with E-state index in [9.17, 15) is 4.79 Å². The number of halogens is 1. The maximum atomic E-state index is 10.5. The van der Waals surface area contributed by atoms with Crippen molar-refractivity contribution in [3.05, 3.63) is 59.4 Å². The Morgan fingerprint density at radius 3 is 2.74 bits per heavy atom. The van der Waals surface area contributed by atoms with E-state index in [0.29, 0.717) is 31.1 Å². The van der Waals surface area contributed by atoms with Crippen LogP contribution in [0.2, 0.25) is 5.02 Å². The number of benzene rings is 2. The first-order valence-corrected chi connectivity index (χ1v) is 7.65. The Morgan fingerprint density at radius 1 is 1.17 bits per heavy atom. The smallest absolute Gasteiger partial charge is 0.207 e. The highest BCUT2D eigenvalue weighted by atomic mass is 35.5. The van der Waals surface area contributed by atoms with Crippen LogP contribution in [0.25, 0.3) is 11.0 Å². The molecule has 0 spiro atoms. The Bertz CT molecular complexity index is 799. The summed E-state index contributed by atoms with van der Waals surface area (Å²) in [6.45, 7) is 1.52. The zero-order chi connectivity index (χ0) is 16.1. The molecule has 0 aliphatic rings. The molecule has 0 bridgehead atoms. The lowest BCUT2D eigenvalue weighted by Gasteiger charge is -2.10. The molecule has 1 N–H and O–H groups in total. The maximum absolute atomic E-state index is 10.5. The Hall–Kier alpha value is -2.53. The predicted octanol–water partition coefficient (Wildman–Crippen LogP) is 3.01. The number of carbonyl (C=O) groups is 1. The van der Waals surface area contributed by atoms with Crippen LogP contribution in [0.15, 0.2) is 48.5 Å². The fourth-order valence-electron chi connectivity index (χ4n) is 2.43. The van der Waals surface area contributed by atoms with Gasteiger partial charge in [-0.25, -0.2) is 4.98 Å². The highest BCUT2D eigenvalue weighted by Crippen LogP contribution is 2.18. The Labute approximate surface area is 138 Å². The van der Waals surface area contributed by atoms with Gasteiger partial charge in [0.25, 0.3) is 0 Å². The largest absolute Gasteiger partial charge is 0.492 e. The molecule has 0 aliphatic carbocycles. The van der Waals surface area contributed by atoms with Crippen LogP contribution in [0.5, 0.6) is 5.75 Å².